The first-order valence-corrected chi connectivity index (χ1v) is 10.3. The van der Waals surface area contributed by atoms with Crippen molar-refractivity contribution >= 4 is 27.3 Å². The van der Waals surface area contributed by atoms with Crippen molar-refractivity contribution in [2.24, 2.45) is 0 Å². The number of rotatable bonds is 5. The number of amides is 1. The summed E-state index contributed by atoms with van der Waals surface area (Å²) in [5.74, 6) is -0.401. The highest BCUT2D eigenvalue weighted by atomic mass is 35.5. The van der Waals surface area contributed by atoms with Crippen LogP contribution in [0.4, 0.5) is 0 Å². The Bertz CT molecular complexity index is 710. The Morgan fingerprint density at radius 3 is 2.50 bits per heavy atom. The molecule has 1 amide bonds. The van der Waals surface area contributed by atoms with Gasteiger partial charge >= 0.3 is 0 Å². The molecule has 0 aliphatic carbocycles. The van der Waals surface area contributed by atoms with Crippen LogP contribution in [0.15, 0.2) is 24.3 Å². The van der Waals surface area contributed by atoms with Gasteiger partial charge in [0.25, 0.3) is 0 Å². The van der Waals surface area contributed by atoms with Crippen LogP contribution in [0, 0.1) is 0 Å². The molecule has 1 aliphatic heterocycles. The second-order valence-electron chi connectivity index (χ2n) is 7.09. The zero-order chi connectivity index (χ0) is 18.0. The molecule has 2 rings (SSSR count). The Balaban J connectivity index is 2.16. The molecule has 1 aromatic carbocycles. The Morgan fingerprint density at radius 1 is 1.33 bits per heavy atom. The van der Waals surface area contributed by atoms with Crippen LogP contribution in [0.25, 0.3) is 0 Å². The molecule has 0 atom stereocenters. The van der Waals surface area contributed by atoms with E-state index in [0.29, 0.717) is 37.5 Å². The van der Waals surface area contributed by atoms with E-state index in [4.69, 9.17) is 11.6 Å². The molecule has 0 spiro atoms. The molecule has 0 unspecified atom stereocenters. The smallest absolute Gasteiger partial charge is 0.241 e. The van der Waals surface area contributed by atoms with Crippen molar-refractivity contribution in [3.05, 3.63) is 34.9 Å². The van der Waals surface area contributed by atoms with Crippen molar-refractivity contribution < 1.29 is 13.2 Å². The van der Waals surface area contributed by atoms with Crippen LogP contribution in [0.2, 0.25) is 5.02 Å². The minimum absolute atomic E-state index is 0.301. The van der Waals surface area contributed by atoms with E-state index in [1.165, 1.54) is 0 Å². The van der Waals surface area contributed by atoms with E-state index >= 15 is 0 Å². The van der Waals surface area contributed by atoms with Crippen LogP contribution in [-0.2, 0) is 20.0 Å². The fraction of sp³-hybridized carbons (Fsp3) is 0.588. The van der Waals surface area contributed by atoms with Gasteiger partial charge in [-0.25, -0.2) is 8.42 Å². The van der Waals surface area contributed by atoms with Gasteiger partial charge in [0, 0.05) is 23.2 Å². The Kier molecular flexibility index (Phi) is 5.62. The van der Waals surface area contributed by atoms with Gasteiger partial charge in [-0.1, -0.05) is 37.6 Å². The van der Waals surface area contributed by atoms with Crippen molar-refractivity contribution in [3.8, 4) is 0 Å². The van der Waals surface area contributed by atoms with Crippen LogP contribution in [0.5, 0.6) is 0 Å². The van der Waals surface area contributed by atoms with E-state index in [1.54, 1.807) is 6.07 Å². The lowest BCUT2D eigenvalue weighted by atomic mass is 9.84. The van der Waals surface area contributed by atoms with Gasteiger partial charge in [-0.3, -0.25) is 4.79 Å². The van der Waals surface area contributed by atoms with Crippen molar-refractivity contribution in [2.75, 3.05) is 25.9 Å². The average Bonchev–Trinajstić information content (AvgIpc) is 2.52. The van der Waals surface area contributed by atoms with Crippen LogP contribution in [-0.4, -0.2) is 45.0 Å². The van der Waals surface area contributed by atoms with Gasteiger partial charge in [0.2, 0.25) is 5.91 Å². The van der Waals surface area contributed by atoms with Gasteiger partial charge in [0.1, 0.15) is 0 Å². The lowest BCUT2D eigenvalue weighted by molar-refractivity contribution is -0.124. The SMILES string of the molecule is CC(C)(CNC(=O)C1(S(C)(=O)=O)CCNCC1)c1cccc(Cl)c1. The Labute approximate surface area is 149 Å². The summed E-state index contributed by atoms with van der Waals surface area (Å²) in [7, 11) is -3.50. The fourth-order valence-electron chi connectivity index (χ4n) is 3.07. The van der Waals surface area contributed by atoms with Crippen molar-refractivity contribution in [1.29, 1.82) is 0 Å². The molecule has 1 heterocycles. The molecular weight excluding hydrogens is 348 g/mol. The molecule has 1 aliphatic rings. The minimum atomic E-state index is -3.50. The van der Waals surface area contributed by atoms with Crippen LogP contribution in [0.1, 0.15) is 32.3 Å². The van der Waals surface area contributed by atoms with Gasteiger partial charge in [0.05, 0.1) is 0 Å². The summed E-state index contributed by atoms with van der Waals surface area (Å²) >= 11 is 6.04. The van der Waals surface area contributed by atoms with Gasteiger partial charge in [-0.2, -0.15) is 0 Å². The summed E-state index contributed by atoms with van der Waals surface area (Å²) in [4.78, 5) is 12.8. The molecule has 1 fully saturated rings. The first-order chi connectivity index (χ1) is 11.1. The molecule has 2 N–H and O–H groups in total. The van der Waals surface area contributed by atoms with Crippen LogP contribution in [0.3, 0.4) is 0 Å². The molecule has 7 heteroatoms. The van der Waals surface area contributed by atoms with Crippen molar-refractivity contribution in [1.82, 2.24) is 10.6 Å². The number of nitrogens with one attached hydrogen (secondary N) is 2. The highest BCUT2D eigenvalue weighted by Crippen LogP contribution is 2.29. The largest absolute Gasteiger partial charge is 0.354 e. The molecular formula is C17H25ClN2O3S. The number of piperidine rings is 1. The third kappa shape index (κ3) is 3.92. The number of benzene rings is 1. The molecule has 24 heavy (non-hydrogen) atoms. The van der Waals surface area contributed by atoms with Gasteiger partial charge in [-0.05, 0) is 43.6 Å². The first kappa shape index (κ1) is 19.2. The van der Waals surface area contributed by atoms with E-state index in [-0.39, 0.29) is 5.41 Å². The highest BCUT2D eigenvalue weighted by molar-refractivity contribution is 7.92. The summed E-state index contributed by atoms with van der Waals surface area (Å²) in [6.07, 6.45) is 1.75. The normalized spacial score (nSPS) is 18.2. The Morgan fingerprint density at radius 2 is 1.96 bits per heavy atom. The number of hydrogen-bond donors (Lipinski definition) is 2. The van der Waals surface area contributed by atoms with E-state index < -0.39 is 20.5 Å². The monoisotopic (exact) mass is 372 g/mol. The number of halogens is 1. The van der Waals surface area contributed by atoms with E-state index in [1.807, 2.05) is 32.0 Å². The molecule has 0 radical (unpaired) electrons. The highest BCUT2D eigenvalue weighted by Gasteiger charge is 2.48. The second kappa shape index (κ2) is 7.02. The molecule has 134 valence electrons. The molecule has 1 saturated heterocycles. The number of carbonyl (C=O) groups excluding carboxylic acids is 1. The molecule has 1 aromatic rings. The Hall–Kier alpha value is -1.11. The average molecular weight is 373 g/mol. The third-order valence-electron chi connectivity index (χ3n) is 4.83. The topological polar surface area (TPSA) is 75.3 Å². The van der Waals surface area contributed by atoms with E-state index in [2.05, 4.69) is 10.6 Å². The van der Waals surface area contributed by atoms with Crippen molar-refractivity contribution in [2.45, 2.75) is 36.9 Å². The lowest BCUT2D eigenvalue weighted by Crippen LogP contribution is -2.58. The number of hydrogen-bond acceptors (Lipinski definition) is 4. The summed E-state index contributed by atoms with van der Waals surface area (Å²) in [6.45, 7) is 5.39. The van der Waals surface area contributed by atoms with Crippen LogP contribution < -0.4 is 10.6 Å². The molecule has 5 nitrogen and oxygen atoms in total. The maximum Gasteiger partial charge on any atom is 0.241 e. The molecule has 0 saturated carbocycles. The van der Waals surface area contributed by atoms with E-state index in [0.717, 1.165) is 11.8 Å². The molecule has 0 bridgehead atoms. The summed E-state index contributed by atoms with van der Waals surface area (Å²) in [5.41, 5.74) is 0.639. The zero-order valence-electron chi connectivity index (χ0n) is 14.4. The summed E-state index contributed by atoms with van der Waals surface area (Å²) in [5, 5.41) is 6.62. The third-order valence-corrected chi connectivity index (χ3v) is 7.08. The first-order valence-electron chi connectivity index (χ1n) is 8.03. The second-order valence-corrected chi connectivity index (χ2v) is 9.86. The van der Waals surface area contributed by atoms with Gasteiger partial charge in [0.15, 0.2) is 14.6 Å². The summed E-state index contributed by atoms with van der Waals surface area (Å²) in [6, 6.07) is 7.49. The summed E-state index contributed by atoms with van der Waals surface area (Å²) < 4.78 is 23.2. The van der Waals surface area contributed by atoms with Gasteiger partial charge in [-0.15, -0.1) is 0 Å². The maximum absolute atomic E-state index is 12.8. The maximum atomic E-state index is 12.8. The van der Waals surface area contributed by atoms with Crippen LogP contribution >= 0.6 is 11.6 Å². The molecule has 0 aromatic heterocycles. The predicted molar refractivity (Wildman–Crippen MR) is 97.2 cm³/mol. The lowest BCUT2D eigenvalue weighted by Gasteiger charge is -2.35. The zero-order valence-corrected chi connectivity index (χ0v) is 15.9. The van der Waals surface area contributed by atoms with Crippen molar-refractivity contribution in [3.63, 3.8) is 0 Å². The minimum Gasteiger partial charge on any atom is -0.354 e. The van der Waals surface area contributed by atoms with E-state index in [9.17, 15) is 13.2 Å². The standard InChI is InChI=1S/C17H25ClN2O3S/c1-16(2,13-5-4-6-14(18)11-13)12-20-15(21)17(24(3,22)23)7-9-19-10-8-17/h4-6,11,19H,7-10,12H2,1-3H3,(H,20,21). The number of carbonyl (C=O) groups is 1. The fourth-order valence-corrected chi connectivity index (χ4v) is 4.62. The quantitative estimate of drug-likeness (QED) is 0.827. The predicted octanol–water partition coefficient (Wildman–Crippen LogP) is 1.90. The number of sulfone groups is 1. The van der Waals surface area contributed by atoms with Gasteiger partial charge < -0.3 is 10.6 Å².